The first-order valence-electron chi connectivity index (χ1n) is 6.34. The van der Waals surface area contributed by atoms with E-state index in [1.165, 1.54) is 0 Å². The van der Waals surface area contributed by atoms with E-state index in [-0.39, 0.29) is 0 Å². The molecule has 0 aliphatic rings. The summed E-state index contributed by atoms with van der Waals surface area (Å²) in [6, 6.07) is 10.5. The van der Waals surface area contributed by atoms with Gasteiger partial charge in [-0.25, -0.2) is 0 Å². The molecular formula is C15H17N3. The second-order valence-electron chi connectivity index (χ2n) is 4.33. The van der Waals surface area contributed by atoms with Crippen molar-refractivity contribution < 1.29 is 0 Å². The van der Waals surface area contributed by atoms with Crippen LogP contribution >= 0.6 is 0 Å². The molecule has 0 saturated carbocycles. The van der Waals surface area contributed by atoms with Gasteiger partial charge in [-0.05, 0) is 18.9 Å². The molecule has 3 nitrogen and oxygen atoms in total. The zero-order valence-corrected chi connectivity index (χ0v) is 10.8. The number of rotatable bonds is 4. The summed E-state index contributed by atoms with van der Waals surface area (Å²) in [5.41, 5.74) is 2.45. The molecule has 92 valence electrons. The second kappa shape index (κ2) is 5.50. The van der Waals surface area contributed by atoms with Crippen LogP contribution in [0.25, 0.3) is 10.9 Å². The molecule has 3 heteroatoms. The molecule has 0 aliphatic heterocycles. The van der Waals surface area contributed by atoms with Crippen LogP contribution in [-0.2, 0) is 0 Å². The largest absolute Gasteiger partial charge is 0.381 e. The zero-order valence-electron chi connectivity index (χ0n) is 10.8. The summed E-state index contributed by atoms with van der Waals surface area (Å²) >= 11 is 0. The van der Waals surface area contributed by atoms with E-state index in [0.29, 0.717) is 11.6 Å². The predicted octanol–water partition coefficient (Wildman–Crippen LogP) is 3.71. The molecule has 18 heavy (non-hydrogen) atoms. The number of pyridine rings is 1. The molecule has 0 aliphatic carbocycles. The molecule has 0 fully saturated rings. The lowest BCUT2D eigenvalue weighted by molar-refractivity contribution is 0.672. The highest BCUT2D eigenvalue weighted by molar-refractivity contribution is 5.93. The van der Waals surface area contributed by atoms with Gasteiger partial charge in [-0.1, -0.05) is 32.0 Å². The molecule has 0 atom stereocenters. The van der Waals surface area contributed by atoms with Crippen LogP contribution in [0.3, 0.4) is 0 Å². The molecule has 1 N–H and O–H groups in total. The van der Waals surface area contributed by atoms with E-state index in [1.54, 1.807) is 6.20 Å². The minimum absolute atomic E-state index is 0.392. The smallest absolute Gasteiger partial charge is 0.103 e. The number of aromatic nitrogens is 1. The number of benzene rings is 1. The SMILES string of the molecule is CCC(CC)Nc1c(C#N)cnc2ccccc12. The molecule has 1 heterocycles. The Morgan fingerprint density at radius 2 is 2.00 bits per heavy atom. The van der Waals surface area contributed by atoms with Crippen molar-refractivity contribution in [3.05, 3.63) is 36.0 Å². The number of anilines is 1. The standard InChI is InChI=1S/C15H17N3/c1-3-12(4-2)18-15-11(9-16)10-17-14-8-6-5-7-13(14)15/h5-8,10,12H,3-4H2,1-2H3,(H,17,18). The maximum Gasteiger partial charge on any atom is 0.103 e. The first kappa shape index (κ1) is 12.4. The Kier molecular flexibility index (Phi) is 3.78. The average molecular weight is 239 g/mol. The van der Waals surface area contributed by atoms with Gasteiger partial charge >= 0.3 is 0 Å². The van der Waals surface area contributed by atoms with Crippen LogP contribution in [0.15, 0.2) is 30.5 Å². The van der Waals surface area contributed by atoms with E-state index in [9.17, 15) is 5.26 Å². The van der Waals surface area contributed by atoms with E-state index in [0.717, 1.165) is 29.4 Å². The summed E-state index contributed by atoms with van der Waals surface area (Å²) in [6.45, 7) is 4.30. The second-order valence-corrected chi connectivity index (χ2v) is 4.33. The van der Waals surface area contributed by atoms with Crippen molar-refractivity contribution >= 4 is 16.6 Å². The summed E-state index contributed by atoms with van der Waals surface area (Å²) < 4.78 is 0. The summed E-state index contributed by atoms with van der Waals surface area (Å²) in [7, 11) is 0. The molecule has 1 aromatic carbocycles. The number of nitrogens with one attached hydrogen (secondary N) is 1. The summed E-state index contributed by atoms with van der Waals surface area (Å²) in [4.78, 5) is 4.31. The maximum atomic E-state index is 9.21. The lowest BCUT2D eigenvalue weighted by atomic mass is 10.1. The van der Waals surface area contributed by atoms with Gasteiger partial charge in [-0.3, -0.25) is 4.98 Å². The van der Waals surface area contributed by atoms with Crippen LogP contribution in [0.5, 0.6) is 0 Å². The quantitative estimate of drug-likeness (QED) is 0.884. The van der Waals surface area contributed by atoms with Crippen LogP contribution in [0.2, 0.25) is 0 Å². The van der Waals surface area contributed by atoms with Crippen molar-refractivity contribution in [2.24, 2.45) is 0 Å². The van der Waals surface area contributed by atoms with Gasteiger partial charge in [-0.15, -0.1) is 0 Å². The van der Waals surface area contributed by atoms with Crippen molar-refractivity contribution in [3.63, 3.8) is 0 Å². The fourth-order valence-electron chi connectivity index (χ4n) is 2.08. The van der Waals surface area contributed by atoms with Crippen molar-refractivity contribution in [3.8, 4) is 6.07 Å². The predicted molar refractivity (Wildman–Crippen MR) is 74.5 cm³/mol. The van der Waals surface area contributed by atoms with Crippen molar-refractivity contribution in [1.82, 2.24) is 4.98 Å². The van der Waals surface area contributed by atoms with E-state index < -0.39 is 0 Å². The highest BCUT2D eigenvalue weighted by atomic mass is 14.9. The Morgan fingerprint density at radius 3 is 2.67 bits per heavy atom. The summed E-state index contributed by atoms with van der Waals surface area (Å²) in [6.07, 6.45) is 3.73. The topological polar surface area (TPSA) is 48.7 Å². The van der Waals surface area contributed by atoms with Gasteiger partial charge < -0.3 is 5.32 Å². The fraction of sp³-hybridized carbons (Fsp3) is 0.333. The average Bonchev–Trinajstić information content (AvgIpc) is 2.44. The van der Waals surface area contributed by atoms with Gasteiger partial charge in [-0.2, -0.15) is 5.26 Å². The van der Waals surface area contributed by atoms with Crippen LogP contribution in [0, 0.1) is 11.3 Å². The van der Waals surface area contributed by atoms with E-state index in [4.69, 9.17) is 0 Å². The van der Waals surface area contributed by atoms with Crippen molar-refractivity contribution in [1.29, 1.82) is 5.26 Å². The van der Waals surface area contributed by atoms with Crippen molar-refractivity contribution in [2.45, 2.75) is 32.7 Å². The molecule has 2 aromatic rings. The minimum atomic E-state index is 0.392. The Hall–Kier alpha value is -2.08. The highest BCUT2D eigenvalue weighted by Crippen LogP contribution is 2.26. The lowest BCUT2D eigenvalue weighted by Gasteiger charge is -2.18. The molecule has 0 amide bonds. The summed E-state index contributed by atoms with van der Waals surface area (Å²) in [5.74, 6) is 0. The molecular weight excluding hydrogens is 222 g/mol. The number of nitrogens with zero attached hydrogens (tertiary/aromatic N) is 2. The monoisotopic (exact) mass is 239 g/mol. The van der Waals surface area contributed by atoms with Crippen LogP contribution < -0.4 is 5.32 Å². The van der Waals surface area contributed by atoms with Gasteiger partial charge in [0.05, 0.1) is 16.8 Å². The minimum Gasteiger partial charge on any atom is -0.381 e. The molecule has 1 aromatic heterocycles. The van der Waals surface area contributed by atoms with Gasteiger partial charge in [0.15, 0.2) is 0 Å². The van der Waals surface area contributed by atoms with Crippen LogP contribution in [-0.4, -0.2) is 11.0 Å². The van der Waals surface area contributed by atoms with E-state index >= 15 is 0 Å². The molecule has 0 spiro atoms. The van der Waals surface area contributed by atoms with E-state index in [2.05, 4.69) is 30.2 Å². The molecule has 0 bridgehead atoms. The normalized spacial score (nSPS) is 10.6. The van der Waals surface area contributed by atoms with Gasteiger partial charge in [0, 0.05) is 17.6 Å². The first-order valence-corrected chi connectivity index (χ1v) is 6.34. The Balaban J connectivity index is 2.55. The lowest BCUT2D eigenvalue weighted by Crippen LogP contribution is -2.18. The number of hydrogen-bond acceptors (Lipinski definition) is 3. The third-order valence-corrected chi connectivity index (χ3v) is 3.23. The molecule has 0 unspecified atom stereocenters. The number of fused-ring (bicyclic) bond motifs is 1. The molecule has 2 rings (SSSR count). The number of hydrogen-bond donors (Lipinski definition) is 1. The maximum absolute atomic E-state index is 9.21. The third kappa shape index (κ3) is 2.28. The molecule has 0 radical (unpaired) electrons. The van der Waals surface area contributed by atoms with E-state index in [1.807, 2.05) is 24.3 Å². The van der Waals surface area contributed by atoms with Crippen molar-refractivity contribution in [2.75, 3.05) is 5.32 Å². The number of nitriles is 1. The summed E-state index contributed by atoms with van der Waals surface area (Å²) in [5, 5.41) is 13.7. The fourth-order valence-corrected chi connectivity index (χ4v) is 2.08. The van der Waals surface area contributed by atoms with Gasteiger partial charge in [0.1, 0.15) is 6.07 Å². The van der Waals surface area contributed by atoms with Crippen LogP contribution in [0.1, 0.15) is 32.3 Å². The Labute approximate surface area is 107 Å². The number of para-hydroxylation sites is 1. The Morgan fingerprint density at radius 1 is 1.28 bits per heavy atom. The molecule has 0 saturated heterocycles. The zero-order chi connectivity index (χ0) is 13.0. The van der Waals surface area contributed by atoms with Crippen LogP contribution in [0.4, 0.5) is 5.69 Å². The Bertz CT molecular complexity index is 580. The third-order valence-electron chi connectivity index (χ3n) is 3.23. The van der Waals surface area contributed by atoms with Gasteiger partial charge in [0.25, 0.3) is 0 Å². The highest BCUT2D eigenvalue weighted by Gasteiger charge is 2.11. The van der Waals surface area contributed by atoms with Gasteiger partial charge in [0.2, 0.25) is 0 Å². The first-order chi connectivity index (χ1) is 8.80.